The Morgan fingerprint density at radius 1 is 1.09 bits per heavy atom. The van der Waals surface area contributed by atoms with Crippen LogP contribution in [0.5, 0.6) is 0 Å². The first-order chi connectivity index (χ1) is 10.6. The minimum atomic E-state index is -0.0205. The van der Waals surface area contributed by atoms with Crippen LogP contribution in [0.25, 0.3) is 0 Å². The quantitative estimate of drug-likeness (QED) is 0.807. The lowest BCUT2D eigenvalue weighted by Gasteiger charge is -2.26. The Labute approximate surface area is 139 Å². The summed E-state index contributed by atoms with van der Waals surface area (Å²) in [5.41, 5.74) is 3.33. The summed E-state index contributed by atoms with van der Waals surface area (Å²) in [4.78, 5) is 16.5. The van der Waals surface area contributed by atoms with Gasteiger partial charge in [-0.1, -0.05) is 47.1 Å². The van der Waals surface area contributed by atoms with E-state index >= 15 is 0 Å². The number of hydrogen-bond donors (Lipinski definition) is 0. The highest BCUT2D eigenvalue weighted by Crippen LogP contribution is 2.34. The minimum absolute atomic E-state index is 0.0205. The predicted octanol–water partition coefficient (Wildman–Crippen LogP) is 4.07. The molecular weight excluding hydrogens is 340 g/mol. The predicted molar refractivity (Wildman–Crippen MR) is 94.2 cm³/mol. The van der Waals surface area contributed by atoms with E-state index in [9.17, 15) is 4.79 Å². The summed E-state index contributed by atoms with van der Waals surface area (Å²) in [6.45, 7) is 3.53. The molecule has 0 aliphatic carbocycles. The van der Waals surface area contributed by atoms with Crippen molar-refractivity contribution in [3.63, 3.8) is 0 Å². The zero-order valence-corrected chi connectivity index (χ0v) is 14.4. The van der Waals surface area contributed by atoms with Gasteiger partial charge < -0.3 is 9.80 Å². The molecule has 1 aliphatic rings. The van der Waals surface area contributed by atoms with Crippen LogP contribution in [0.15, 0.2) is 53.0 Å². The van der Waals surface area contributed by atoms with Gasteiger partial charge in [0.25, 0.3) is 0 Å². The Morgan fingerprint density at radius 3 is 2.41 bits per heavy atom. The number of amides is 1. The van der Waals surface area contributed by atoms with Gasteiger partial charge >= 0.3 is 0 Å². The second-order valence-electron chi connectivity index (χ2n) is 5.79. The molecule has 2 aromatic carbocycles. The molecule has 0 unspecified atom stereocenters. The second kappa shape index (κ2) is 6.13. The first kappa shape index (κ1) is 15.1. The number of fused-ring (bicyclic) bond motifs is 1. The third-order valence-corrected chi connectivity index (χ3v) is 4.65. The molecule has 3 rings (SSSR count). The van der Waals surface area contributed by atoms with Gasteiger partial charge in [0, 0.05) is 24.6 Å². The highest BCUT2D eigenvalue weighted by molar-refractivity contribution is 9.10. The molecule has 1 aliphatic heterocycles. The summed E-state index contributed by atoms with van der Waals surface area (Å²) in [5.74, 6) is 0.151. The molecule has 0 radical (unpaired) electrons. The Hall–Kier alpha value is -1.81. The van der Waals surface area contributed by atoms with E-state index in [-0.39, 0.29) is 11.8 Å². The van der Waals surface area contributed by atoms with E-state index in [1.165, 1.54) is 5.56 Å². The largest absolute Gasteiger partial charge is 0.365 e. The van der Waals surface area contributed by atoms with Crippen molar-refractivity contribution in [1.29, 1.82) is 0 Å². The maximum absolute atomic E-state index is 12.4. The molecule has 2 aromatic rings. The minimum Gasteiger partial charge on any atom is -0.365 e. The van der Waals surface area contributed by atoms with E-state index in [4.69, 9.17) is 0 Å². The molecule has 4 heteroatoms. The molecule has 0 aromatic heterocycles. The number of carbonyl (C=O) groups is 1. The first-order valence-electron chi connectivity index (χ1n) is 7.42. The number of rotatable bonds is 2. The van der Waals surface area contributed by atoms with Gasteiger partial charge in [0.2, 0.25) is 5.91 Å². The standard InChI is InChI=1S/C18H19BrN2O/c1-13-11-21(12-14-7-9-15(19)10-8-14)17-6-4-3-5-16(17)20(2)18(13)22/h3-10,13H,11-12H2,1-2H3/t13-/m1/s1. The molecule has 1 amide bonds. The van der Waals surface area contributed by atoms with Gasteiger partial charge in [0.15, 0.2) is 0 Å². The topological polar surface area (TPSA) is 23.6 Å². The van der Waals surface area contributed by atoms with Gasteiger partial charge in [-0.2, -0.15) is 0 Å². The number of nitrogens with zero attached hydrogens (tertiary/aromatic N) is 2. The summed E-state index contributed by atoms with van der Waals surface area (Å²) >= 11 is 3.47. The summed E-state index contributed by atoms with van der Waals surface area (Å²) in [6.07, 6.45) is 0. The molecular formula is C18H19BrN2O. The fourth-order valence-corrected chi connectivity index (χ4v) is 3.20. The molecule has 0 N–H and O–H groups in total. The monoisotopic (exact) mass is 358 g/mol. The van der Waals surface area contributed by atoms with Crippen molar-refractivity contribution < 1.29 is 4.79 Å². The second-order valence-corrected chi connectivity index (χ2v) is 6.71. The van der Waals surface area contributed by atoms with Crippen LogP contribution in [0.3, 0.4) is 0 Å². The molecule has 1 atom stereocenters. The third kappa shape index (κ3) is 2.88. The SMILES string of the molecule is C[C@@H]1CN(Cc2ccc(Br)cc2)c2ccccc2N(C)C1=O. The lowest BCUT2D eigenvalue weighted by Crippen LogP contribution is -2.34. The van der Waals surface area contributed by atoms with Crippen LogP contribution in [0.1, 0.15) is 12.5 Å². The lowest BCUT2D eigenvalue weighted by atomic mass is 10.1. The van der Waals surface area contributed by atoms with E-state index in [1.807, 2.05) is 32.2 Å². The molecule has 1 heterocycles. The van der Waals surface area contributed by atoms with E-state index in [1.54, 1.807) is 4.90 Å². The third-order valence-electron chi connectivity index (χ3n) is 4.12. The number of benzene rings is 2. The van der Waals surface area contributed by atoms with E-state index in [0.29, 0.717) is 0 Å². The Kier molecular flexibility index (Phi) is 4.21. The molecule has 22 heavy (non-hydrogen) atoms. The maximum Gasteiger partial charge on any atom is 0.231 e. The average Bonchev–Trinajstić information content (AvgIpc) is 2.62. The number of para-hydroxylation sites is 2. The zero-order valence-electron chi connectivity index (χ0n) is 12.8. The maximum atomic E-state index is 12.4. The number of carbonyl (C=O) groups excluding carboxylic acids is 1. The summed E-state index contributed by atoms with van der Waals surface area (Å²) in [5, 5.41) is 0. The van der Waals surface area contributed by atoms with Gasteiger partial charge in [-0.3, -0.25) is 4.79 Å². The fraction of sp³-hybridized carbons (Fsp3) is 0.278. The fourth-order valence-electron chi connectivity index (χ4n) is 2.93. The summed E-state index contributed by atoms with van der Waals surface area (Å²) in [7, 11) is 1.86. The van der Waals surface area contributed by atoms with Gasteiger partial charge in [0.1, 0.15) is 0 Å². The van der Waals surface area contributed by atoms with Crippen LogP contribution in [0.2, 0.25) is 0 Å². The van der Waals surface area contributed by atoms with Gasteiger partial charge in [-0.15, -0.1) is 0 Å². The van der Waals surface area contributed by atoms with E-state index < -0.39 is 0 Å². The van der Waals surface area contributed by atoms with Crippen LogP contribution < -0.4 is 9.80 Å². The van der Waals surface area contributed by atoms with Crippen molar-refractivity contribution >= 4 is 33.2 Å². The Morgan fingerprint density at radius 2 is 1.73 bits per heavy atom. The van der Waals surface area contributed by atoms with Crippen molar-refractivity contribution in [3.05, 3.63) is 58.6 Å². The van der Waals surface area contributed by atoms with Crippen molar-refractivity contribution in [2.75, 3.05) is 23.4 Å². The summed E-state index contributed by atoms with van der Waals surface area (Å²) in [6, 6.07) is 16.5. The molecule has 114 valence electrons. The van der Waals surface area contributed by atoms with Crippen molar-refractivity contribution in [2.24, 2.45) is 5.92 Å². The smallest absolute Gasteiger partial charge is 0.231 e. The van der Waals surface area contributed by atoms with E-state index in [0.717, 1.165) is 28.9 Å². The lowest BCUT2D eigenvalue weighted by molar-refractivity contribution is -0.121. The molecule has 0 fully saturated rings. The van der Waals surface area contributed by atoms with Crippen LogP contribution >= 0.6 is 15.9 Å². The average molecular weight is 359 g/mol. The summed E-state index contributed by atoms with van der Waals surface area (Å²) < 4.78 is 1.08. The van der Waals surface area contributed by atoms with Crippen molar-refractivity contribution in [2.45, 2.75) is 13.5 Å². The number of halogens is 1. The first-order valence-corrected chi connectivity index (χ1v) is 8.21. The molecule has 0 spiro atoms. The zero-order chi connectivity index (χ0) is 15.7. The highest BCUT2D eigenvalue weighted by Gasteiger charge is 2.28. The number of anilines is 2. The number of hydrogen-bond acceptors (Lipinski definition) is 2. The Bertz CT molecular complexity index is 684. The van der Waals surface area contributed by atoms with Gasteiger partial charge in [-0.05, 0) is 29.8 Å². The van der Waals surface area contributed by atoms with E-state index in [2.05, 4.69) is 51.2 Å². The normalized spacial score (nSPS) is 18.1. The van der Waals surface area contributed by atoms with Crippen molar-refractivity contribution in [1.82, 2.24) is 0 Å². The van der Waals surface area contributed by atoms with Crippen LogP contribution in [-0.2, 0) is 11.3 Å². The molecule has 0 saturated heterocycles. The molecule has 0 saturated carbocycles. The molecule has 0 bridgehead atoms. The van der Waals surface area contributed by atoms with Crippen LogP contribution in [0, 0.1) is 5.92 Å². The van der Waals surface area contributed by atoms with Crippen LogP contribution in [0.4, 0.5) is 11.4 Å². The van der Waals surface area contributed by atoms with Gasteiger partial charge in [-0.25, -0.2) is 0 Å². The highest BCUT2D eigenvalue weighted by atomic mass is 79.9. The van der Waals surface area contributed by atoms with Crippen LogP contribution in [-0.4, -0.2) is 19.5 Å². The van der Waals surface area contributed by atoms with Crippen molar-refractivity contribution in [3.8, 4) is 0 Å². The molecule has 3 nitrogen and oxygen atoms in total. The Balaban J connectivity index is 1.97. The van der Waals surface area contributed by atoms with Gasteiger partial charge in [0.05, 0.1) is 17.3 Å².